The molecule has 0 aliphatic rings. The van der Waals surface area contributed by atoms with Crippen LogP contribution in [0.3, 0.4) is 0 Å². The van der Waals surface area contributed by atoms with E-state index in [4.69, 9.17) is 16.3 Å². The van der Waals surface area contributed by atoms with Gasteiger partial charge in [0.15, 0.2) is 0 Å². The van der Waals surface area contributed by atoms with Crippen LogP contribution < -0.4 is 4.74 Å². The summed E-state index contributed by atoms with van der Waals surface area (Å²) in [7, 11) is 4.13. The van der Waals surface area contributed by atoms with Gasteiger partial charge in [-0.2, -0.15) is 0 Å². The Morgan fingerprint density at radius 1 is 1.33 bits per heavy atom. The van der Waals surface area contributed by atoms with E-state index in [9.17, 15) is 0 Å². The second kappa shape index (κ2) is 5.99. The first-order chi connectivity index (χ1) is 7.09. The molecule has 3 heteroatoms. The zero-order chi connectivity index (χ0) is 11.3. The number of hydrogen-bond donors (Lipinski definition) is 0. The molecule has 0 heterocycles. The number of halogens is 1. The van der Waals surface area contributed by atoms with Gasteiger partial charge in [-0.15, -0.1) is 0 Å². The summed E-state index contributed by atoms with van der Waals surface area (Å²) in [6.45, 7) is 3.81. The molecule has 0 saturated heterocycles. The Morgan fingerprint density at radius 2 is 2.07 bits per heavy atom. The maximum Gasteiger partial charge on any atom is 0.122 e. The molecular weight excluding hydrogens is 210 g/mol. The molecule has 0 bridgehead atoms. The predicted octanol–water partition coefficient (Wildman–Crippen LogP) is 2.98. The standard InChI is InChI=1S/C12H18ClNO/c1-10-9-11(13)5-6-12(10)15-8-4-7-14(2)3/h5-6,9H,4,7-8H2,1-3H3. The van der Waals surface area contributed by atoms with Crippen molar-refractivity contribution in [3.8, 4) is 5.75 Å². The van der Waals surface area contributed by atoms with Crippen LogP contribution in [0.1, 0.15) is 12.0 Å². The number of rotatable bonds is 5. The van der Waals surface area contributed by atoms with E-state index in [2.05, 4.69) is 19.0 Å². The van der Waals surface area contributed by atoms with Crippen molar-refractivity contribution in [3.05, 3.63) is 28.8 Å². The average molecular weight is 228 g/mol. The van der Waals surface area contributed by atoms with Gasteiger partial charge < -0.3 is 9.64 Å². The van der Waals surface area contributed by atoms with Gasteiger partial charge in [0, 0.05) is 11.6 Å². The molecule has 0 unspecified atom stereocenters. The summed E-state index contributed by atoms with van der Waals surface area (Å²) in [5.41, 5.74) is 1.09. The maximum atomic E-state index is 5.86. The molecule has 0 atom stereocenters. The molecule has 0 aliphatic heterocycles. The molecule has 0 N–H and O–H groups in total. The first-order valence-corrected chi connectivity index (χ1v) is 5.51. The van der Waals surface area contributed by atoms with E-state index in [-0.39, 0.29) is 0 Å². The van der Waals surface area contributed by atoms with Crippen molar-refractivity contribution in [3.63, 3.8) is 0 Å². The fourth-order valence-electron chi connectivity index (χ4n) is 1.34. The minimum atomic E-state index is 0.751. The van der Waals surface area contributed by atoms with E-state index in [1.807, 2.05) is 25.1 Å². The lowest BCUT2D eigenvalue weighted by Crippen LogP contribution is -2.15. The highest BCUT2D eigenvalue weighted by Crippen LogP contribution is 2.21. The largest absolute Gasteiger partial charge is 0.493 e. The summed E-state index contributed by atoms with van der Waals surface area (Å²) in [6.07, 6.45) is 1.04. The Balaban J connectivity index is 2.37. The van der Waals surface area contributed by atoms with Crippen molar-refractivity contribution < 1.29 is 4.74 Å². The highest BCUT2D eigenvalue weighted by molar-refractivity contribution is 6.30. The fraction of sp³-hybridized carbons (Fsp3) is 0.500. The average Bonchev–Trinajstić information content (AvgIpc) is 2.14. The van der Waals surface area contributed by atoms with E-state index < -0.39 is 0 Å². The molecule has 84 valence electrons. The molecule has 0 spiro atoms. The van der Waals surface area contributed by atoms with Gasteiger partial charge >= 0.3 is 0 Å². The summed E-state index contributed by atoms with van der Waals surface area (Å²) in [6, 6.07) is 5.70. The van der Waals surface area contributed by atoms with Crippen molar-refractivity contribution in [2.24, 2.45) is 0 Å². The quantitative estimate of drug-likeness (QED) is 0.718. The molecular formula is C12H18ClNO. The van der Waals surface area contributed by atoms with Gasteiger partial charge in [-0.1, -0.05) is 11.6 Å². The maximum absolute atomic E-state index is 5.86. The molecule has 0 amide bonds. The summed E-state index contributed by atoms with van der Waals surface area (Å²) in [4.78, 5) is 2.15. The molecule has 1 rings (SSSR count). The van der Waals surface area contributed by atoms with Crippen LogP contribution in [-0.2, 0) is 0 Å². The van der Waals surface area contributed by atoms with Gasteiger partial charge in [0.1, 0.15) is 5.75 Å². The van der Waals surface area contributed by atoms with Crippen molar-refractivity contribution >= 4 is 11.6 Å². The normalized spacial score (nSPS) is 10.7. The van der Waals surface area contributed by atoms with Crippen molar-refractivity contribution in [1.29, 1.82) is 0 Å². The number of benzene rings is 1. The molecule has 0 aliphatic carbocycles. The molecule has 15 heavy (non-hydrogen) atoms. The van der Waals surface area contributed by atoms with Gasteiger partial charge in [-0.3, -0.25) is 0 Å². The van der Waals surface area contributed by atoms with Crippen LogP contribution in [-0.4, -0.2) is 32.1 Å². The van der Waals surface area contributed by atoms with Gasteiger partial charge in [-0.05, 0) is 51.2 Å². The first kappa shape index (κ1) is 12.3. The lowest BCUT2D eigenvalue weighted by Gasteiger charge is -2.11. The Morgan fingerprint density at radius 3 is 2.67 bits per heavy atom. The van der Waals surface area contributed by atoms with Crippen LogP contribution in [0.2, 0.25) is 5.02 Å². The van der Waals surface area contributed by atoms with Crippen LogP contribution >= 0.6 is 11.6 Å². The van der Waals surface area contributed by atoms with E-state index >= 15 is 0 Å². The second-order valence-corrected chi connectivity index (χ2v) is 4.35. The molecule has 1 aromatic carbocycles. The topological polar surface area (TPSA) is 12.5 Å². The van der Waals surface area contributed by atoms with Crippen molar-refractivity contribution in [2.75, 3.05) is 27.2 Å². The van der Waals surface area contributed by atoms with Gasteiger partial charge in [-0.25, -0.2) is 0 Å². The smallest absolute Gasteiger partial charge is 0.122 e. The summed E-state index contributed by atoms with van der Waals surface area (Å²) in [5.74, 6) is 0.929. The second-order valence-electron chi connectivity index (χ2n) is 3.92. The number of hydrogen-bond acceptors (Lipinski definition) is 2. The van der Waals surface area contributed by atoms with E-state index in [0.717, 1.165) is 35.9 Å². The molecule has 2 nitrogen and oxygen atoms in total. The zero-order valence-electron chi connectivity index (χ0n) is 9.59. The number of ether oxygens (including phenoxy) is 1. The van der Waals surface area contributed by atoms with Crippen LogP contribution in [0.4, 0.5) is 0 Å². The van der Waals surface area contributed by atoms with E-state index in [1.54, 1.807) is 0 Å². The lowest BCUT2D eigenvalue weighted by molar-refractivity contribution is 0.280. The van der Waals surface area contributed by atoms with Gasteiger partial charge in [0.2, 0.25) is 0 Å². The Hall–Kier alpha value is -0.730. The SMILES string of the molecule is Cc1cc(Cl)ccc1OCCCN(C)C. The third-order valence-electron chi connectivity index (χ3n) is 2.14. The van der Waals surface area contributed by atoms with Crippen LogP contribution in [0.15, 0.2) is 18.2 Å². The first-order valence-electron chi connectivity index (χ1n) is 5.13. The minimum Gasteiger partial charge on any atom is -0.493 e. The van der Waals surface area contributed by atoms with Crippen LogP contribution in [0.25, 0.3) is 0 Å². The summed E-state index contributed by atoms with van der Waals surface area (Å²) in [5, 5.41) is 0.758. The molecule has 0 aromatic heterocycles. The highest BCUT2D eigenvalue weighted by Gasteiger charge is 2.00. The Bertz CT molecular complexity index is 312. The van der Waals surface area contributed by atoms with Crippen molar-refractivity contribution in [2.45, 2.75) is 13.3 Å². The van der Waals surface area contributed by atoms with E-state index in [0.29, 0.717) is 0 Å². The fourth-order valence-corrected chi connectivity index (χ4v) is 1.56. The third kappa shape index (κ3) is 4.54. The van der Waals surface area contributed by atoms with E-state index in [1.165, 1.54) is 0 Å². The Labute approximate surface area is 96.8 Å². The molecule has 0 radical (unpaired) electrons. The predicted molar refractivity (Wildman–Crippen MR) is 64.9 cm³/mol. The van der Waals surface area contributed by atoms with Gasteiger partial charge in [0.05, 0.1) is 6.61 Å². The lowest BCUT2D eigenvalue weighted by atomic mass is 10.2. The minimum absolute atomic E-state index is 0.751. The molecule has 0 fully saturated rings. The zero-order valence-corrected chi connectivity index (χ0v) is 10.3. The summed E-state index contributed by atoms with van der Waals surface area (Å²) >= 11 is 5.86. The van der Waals surface area contributed by atoms with Crippen molar-refractivity contribution in [1.82, 2.24) is 4.90 Å². The highest BCUT2D eigenvalue weighted by atomic mass is 35.5. The van der Waals surface area contributed by atoms with Crippen LogP contribution in [0.5, 0.6) is 5.75 Å². The molecule has 1 aromatic rings. The van der Waals surface area contributed by atoms with Crippen LogP contribution in [0, 0.1) is 6.92 Å². The number of aryl methyl sites for hydroxylation is 1. The summed E-state index contributed by atoms with van der Waals surface area (Å²) < 4.78 is 5.66. The Kier molecular flexibility index (Phi) is 4.92. The van der Waals surface area contributed by atoms with Gasteiger partial charge in [0.25, 0.3) is 0 Å². The molecule has 0 saturated carbocycles. The number of nitrogens with zero attached hydrogens (tertiary/aromatic N) is 1. The third-order valence-corrected chi connectivity index (χ3v) is 2.38. The monoisotopic (exact) mass is 227 g/mol.